The van der Waals surface area contributed by atoms with Gasteiger partial charge in [-0.1, -0.05) is 11.6 Å². The van der Waals surface area contributed by atoms with E-state index in [1.807, 2.05) is 6.07 Å². The minimum Gasteiger partial charge on any atom is -0.435 e. The molecule has 0 aliphatic rings. The molecule has 90 valence electrons. The Morgan fingerprint density at radius 3 is 2.83 bits per heavy atom. The van der Waals surface area contributed by atoms with Gasteiger partial charge in [0.15, 0.2) is 11.6 Å². The van der Waals surface area contributed by atoms with Crippen molar-refractivity contribution < 1.29 is 9.13 Å². The van der Waals surface area contributed by atoms with E-state index in [1.165, 1.54) is 18.5 Å². The highest BCUT2D eigenvalue weighted by atomic mass is 35.5. The molecule has 18 heavy (non-hydrogen) atoms. The maximum Gasteiger partial charge on any atom is 0.226 e. The summed E-state index contributed by atoms with van der Waals surface area (Å²) < 4.78 is 18.9. The lowest BCUT2D eigenvalue weighted by atomic mass is 10.2. The topological polar surface area (TPSA) is 58.8 Å². The molecule has 0 fully saturated rings. The van der Waals surface area contributed by atoms with Crippen LogP contribution >= 0.6 is 11.6 Å². The Morgan fingerprint density at radius 1 is 1.39 bits per heavy atom. The highest BCUT2D eigenvalue weighted by Gasteiger charge is 2.11. The van der Waals surface area contributed by atoms with Crippen LogP contribution in [0.1, 0.15) is 11.1 Å². The highest BCUT2D eigenvalue weighted by molar-refractivity contribution is 6.30. The number of nitrogens with zero attached hydrogens (tertiary/aromatic N) is 3. The maximum atomic E-state index is 13.6. The Labute approximate surface area is 108 Å². The fourth-order valence-electron chi connectivity index (χ4n) is 1.27. The normalized spacial score (nSPS) is 9.89. The van der Waals surface area contributed by atoms with Gasteiger partial charge in [0, 0.05) is 5.56 Å². The van der Waals surface area contributed by atoms with E-state index < -0.39 is 5.82 Å². The molecule has 6 heteroatoms. The first-order chi connectivity index (χ1) is 8.61. The first kappa shape index (κ1) is 12.3. The number of halogens is 2. The summed E-state index contributed by atoms with van der Waals surface area (Å²) in [5.41, 5.74) is 0.736. The van der Waals surface area contributed by atoms with Crippen LogP contribution in [0.3, 0.4) is 0 Å². The summed E-state index contributed by atoms with van der Waals surface area (Å²) in [6.45, 7) is 1.67. The van der Waals surface area contributed by atoms with E-state index in [9.17, 15) is 4.39 Å². The van der Waals surface area contributed by atoms with Crippen LogP contribution in [-0.2, 0) is 0 Å². The van der Waals surface area contributed by atoms with E-state index in [0.29, 0.717) is 5.56 Å². The van der Waals surface area contributed by atoms with Crippen LogP contribution < -0.4 is 4.74 Å². The summed E-state index contributed by atoms with van der Waals surface area (Å²) >= 11 is 5.80. The van der Waals surface area contributed by atoms with Crippen molar-refractivity contribution in [2.24, 2.45) is 0 Å². The van der Waals surface area contributed by atoms with Crippen molar-refractivity contribution in [3.05, 3.63) is 46.6 Å². The molecule has 0 bridgehead atoms. The molecular formula is C12H7ClFN3O. The van der Waals surface area contributed by atoms with Gasteiger partial charge in [-0.3, -0.25) is 0 Å². The molecule has 1 heterocycles. The van der Waals surface area contributed by atoms with Crippen LogP contribution in [0.15, 0.2) is 24.5 Å². The first-order valence-corrected chi connectivity index (χ1v) is 5.34. The Morgan fingerprint density at radius 2 is 2.17 bits per heavy atom. The molecule has 4 nitrogen and oxygen atoms in total. The lowest BCUT2D eigenvalue weighted by Gasteiger charge is -2.08. The second-order valence-corrected chi connectivity index (χ2v) is 3.81. The maximum absolute atomic E-state index is 13.6. The minimum atomic E-state index is -0.636. The minimum absolute atomic E-state index is 0.0214. The second kappa shape index (κ2) is 4.98. The van der Waals surface area contributed by atoms with Gasteiger partial charge in [-0.25, -0.2) is 14.4 Å². The van der Waals surface area contributed by atoms with E-state index >= 15 is 0 Å². The quantitative estimate of drug-likeness (QED) is 0.781. The van der Waals surface area contributed by atoms with E-state index in [0.717, 1.165) is 6.07 Å². The smallest absolute Gasteiger partial charge is 0.226 e. The van der Waals surface area contributed by atoms with Gasteiger partial charge < -0.3 is 4.74 Å². The summed E-state index contributed by atoms with van der Waals surface area (Å²) in [6.07, 6.45) is 1.23. The molecule has 2 rings (SSSR count). The summed E-state index contributed by atoms with van der Waals surface area (Å²) in [4.78, 5) is 7.64. The highest BCUT2D eigenvalue weighted by Crippen LogP contribution is 2.27. The van der Waals surface area contributed by atoms with Crippen LogP contribution in [0.2, 0.25) is 5.15 Å². The summed E-state index contributed by atoms with van der Waals surface area (Å²) in [7, 11) is 0. The van der Waals surface area contributed by atoms with Gasteiger partial charge in [-0.15, -0.1) is 0 Å². The van der Waals surface area contributed by atoms with E-state index in [1.54, 1.807) is 6.92 Å². The van der Waals surface area contributed by atoms with Crippen molar-refractivity contribution in [3.63, 3.8) is 0 Å². The first-order valence-electron chi connectivity index (χ1n) is 4.96. The summed E-state index contributed by atoms with van der Waals surface area (Å²) in [5.74, 6) is -0.478. The molecule has 0 aliphatic carbocycles. The standard InChI is InChI=1S/C12H7ClFN3O/c1-7-11(13)16-6-17-12(7)18-10-3-2-8(5-15)4-9(10)14/h2-4,6H,1H3. The third-order valence-electron chi connectivity index (χ3n) is 2.24. The lowest BCUT2D eigenvalue weighted by molar-refractivity contribution is 0.423. The molecule has 2 aromatic rings. The van der Waals surface area contributed by atoms with Crippen LogP contribution in [-0.4, -0.2) is 9.97 Å². The van der Waals surface area contributed by atoms with Crippen LogP contribution in [0.5, 0.6) is 11.6 Å². The summed E-state index contributed by atoms with van der Waals surface area (Å²) in [6, 6.07) is 5.75. The second-order valence-electron chi connectivity index (χ2n) is 3.45. The largest absolute Gasteiger partial charge is 0.435 e. The molecule has 0 aliphatic heterocycles. The lowest BCUT2D eigenvalue weighted by Crippen LogP contribution is -1.95. The number of hydrogen-bond acceptors (Lipinski definition) is 4. The van der Waals surface area contributed by atoms with Gasteiger partial charge in [0.05, 0.1) is 11.6 Å². The number of nitriles is 1. The average Bonchev–Trinajstić information content (AvgIpc) is 2.37. The Hall–Kier alpha value is -2.19. The van der Waals surface area contributed by atoms with Crippen LogP contribution in [0, 0.1) is 24.1 Å². The zero-order valence-electron chi connectivity index (χ0n) is 9.32. The molecule has 0 spiro atoms. The van der Waals surface area contributed by atoms with Gasteiger partial charge >= 0.3 is 0 Å². The number of benzene rings is 1. The number of ether oxygens (including phenoxy) is 1. The summed E-state index contributed by atoms with van der Waals surface area (Å²) in [5, 5.41) is 8.87. The molecule has 1 aromatic carbocycles. The zero-order valence-corrected chi connectivity index (χ0v) is 10.1. The van der Waals surface area contributed by atoms with Gasteiger partial charge in [0.1, 0.15) is 11.5 Å². The van der Waals surface area contributed by atoms with Crippen molar-refractivity contribution in [1.29, 1.82) is 5.26 Å². The Bertz CT molecular complexity index is 640. The van der Waals surface area contributed by atoms with E-state index in [-0.39, 0.29) is 22.3 Å². The van der Waals surface area contributed by atoms with Gasteiger partial charge in [-0.2, -0.15) is 5.26 Å². The van der Waals surface area contributed by atoms with Crippen molar-refractivity contribution in [2.75, 3.05) is 0 Å². The number of hydrogen-bond donors (Lipinski definition) is 0. The van der Waals surface area contributed by atoms with Crippen molar-refractivity contribution in [1.82, 2.24) is 9.97 Å². The third kappa shape index (κ3) is 2.39. The SMILES string of the molecule is Cc1c(Cl)ncnc1Oc1ccc(C#N)cc1F. The molecule has 0 N–H and O–H groups in total. The molecule has 0 saturated heterocycles. The average molecular weight is 264 g/mol. The monoisotopic (exact) mass is 263 g/mol. The number of rotatable bonds is 2. The molecule has 0 radical (unpaired) electrons. The van der Waals surface area contributed by atoms with Crippen molar-refractivity contribution in [2.45, 2.75) is 6.92 Å². The fraction of sp³-hybridized carbons (Fsp3) is 0.0833. The van der Waals surface area contributed by atoms with E-state index in [4.69, 9.17) is 21.6 Å². The van der Waals surface area contributed by atoms with Gasteiger partial charge in [0.25, 0.3) is 0 Å². The molecule has 0 unspecified atom stereocenters. The molecule has 0 amide bonds. The van der Waals surface area contributed by atoms with Crippen LogP contribution in [0.25, 0.3) is 0 Å². The third-order valence-corrected chi connectivity index (χ3v) is 2.62. The number of aromatic nitrogens is 2. The van der Waals surface area contributed by atoms with Crippen LogP contribution in [0.4, 0.5) is 4.39 Å². The molecule has 0 saturated carbocycles. The van der Waals surface area contributed by atoms with Crippen molar-refractivity contribution >= 4 is 11.6 Å². The van der Waals surface area contributed by atoms with E-state index in [2.05, 4.69) is 9.97 Å². The van der Waals surface area contributed by atoms with Gasteiger partial charge in [-0.05, 0) is 25.1 Å². The Balaban J connectivity index is 2.35. The molecule has 1 aromatic heterocycles. The van der Waals surface area contributed by atoms with Gasteiger partial charge in [0.2, 0.25) is 5.88 Å². The Kier molecular flexibility index (Phi) is 3.40. The zero-order chi connectivity index (χ0) is 13.1. The van der Waals surface area contributed by atoms with Crippen molar-refractivity contribution in [3.8, 4) is 17.7 Å². The molecular weight excluding hydrogens is 257 g/mol. The predicted octanol–water partition coefficient (Wildman–Crippen LogP) is 3.24. The fourth-order valence-corrected chi connectivity index (χ4v) is 1.40. The molecule has 0 atom stereocenters. The predicted molar refractivity (Wildman–Crippen MR) is 63.0 cm³/mol.